The second kappa shape index (κ2) is 8.84. The Kier molecular flexibility index (Phi) is 5.58. The number of thiazole rings is 1. The maximum Gasteiger partial charge on any atom is 0.251 e. The van der Waals surface area contributed by atoms with E-state index in [4.69, 9.17) is 0 Å². The third-order valence-corrected chi connectivity index (χ3v) is 6.23. The lowest BCUT2D eigenvalue weighted by Gasteiger charge is -2.17. The SMILES string of the molecule is O=C(CNC(=O)c1ccc2ccccc2c1)Nc1nc(-c2ccc3c(c2)CCC(=O)N3)cs1. The van der Waals surface area contributed by atoms with Crippen LogP contribution < -0.4 is 16.0 Å². The highest BCUT2D eigenvalue weighted by atomic mass is 32.1. The van der Waals surface area contributed by atoms with Crippen LogP contribution in [-0.2, 0) is 16.0 Å². The molecule has 164 valence electrons. The van der Waals surface area contributed by atoms with Gasteiger partial charge in [0.2, 0.25) is 11.8 Å². The molecule has 0 radical (unpaired) electrons. The summed E-state index contributed by atoms with van der Waals surface area (Å²) in [5.74, 6) is -0.628. The molecule has 8 heteroatoms. The molecule has 0 fully saturated rings. The van der Waals surface area contributed by atoms with Crippen molar-refractivity contribution >= 4 is 50.6 Å². The van der Waals surface area contributed by atoms with Crippen molar-refractivity contribution in [3.63, 3.8) is 0 Å². The zero-order chi connectivity index (χ0) is 22.8. The van der Waals surface area contributed by atoms with E-state index in [0.717, 1.165) is 33.3 Å². The lowest BCUT2D eigenvalue weighted by Crippen LogP contribution is -2.32. The Morgan fingerprint density at radius 3 is 2.73 bits per heavy atom. The molecule has 1 aromatic heterocycles. The molecule has 0 atom stereocenters. The van der Waals surface area contributed by atoms with E-state index in [1.54, 1.807) is 12.1 Å². The minimum Gasteiger partial charge on any atom is -0.343 e. The Balaban J connectivity index is 1.19. The number of hydrogen-bond donors (Lipinski definition) is 3. The second-order valence-corrected chi connectivity index (χ2v) is 8.61. The quantitative estimate of drug-likeness (QED) is 0.419. The molecule has 5 rings (SSSR count). The van der Waals surface area contributed by atoms with Crippen molar-refractivity contribution in [2.75, 3.05) is 17.2 Å². The molecule has 4 aromatic rings. The van der Waals surface area contributed by atoms with Gasteiger partial charge < -0.3 is 16.0 Å². The number of nitrogens with one attached hydrogen (secondary N) is 3. The number of fused-ring (bicyclic) bond motifs is 2. The van der Waals surface area contributed by atoms with Crippen LogP contribution in [0.3, 0.4) is 0 Å². The van der Waals surface area contributed by atoms with Crippen LogP contribution in [0.25, 0.3) is 22.0 Å². The average Bonchev–Trinajstić information content (AvgIpc) is 3.30. The van der Waals surface area contributed by atoms with E-state index in [1.807, 2.05) is 53.9 Å². The molecule has 1 aliphatic rings. The minimum absolute atomic E-state index is 0.0293. The van der Waals surface area contributed by atoms with Crippen LogP contribution in [0.1, 0.15) is 22.3 Å². The van der Waals surface area contributed by atoms with Gasteiger partial charge in [0.15, 0.2) is 5.13 Å². The molecular weight excluding hydrogens is 436 g/mol. The number of nitrogens with zero attached hydrogens (tertiary/aromatic N) is 1. The molecule has 3 N–H and O–H groups in total. The Morgan fingerprint density at radius 2 is 1.85 bits per heavy atom. The summed E-state index contributed by atoms with van der Waals surface area (Å²) in [5, 5.41) is 12.6. The van der Waals surface area contributed by atoms with Crippen LogP contribution >= 0.6 is 11.3 Å². The van der Waals surface area contributed by atoms with Gasteiger partial charge in [-0.1, -0.05) is 36.4 Å². The molecule has 0 spiro atoms. The summed E-state index contributed by atoms with van der Waals surface area (Å²) in [6.45, 7) is -0.154. The fraction of sp³-hybridized carbons (Fsp3) is 0.120. The fourth-order valence-electron chi connectivity index (χ4n) is 3.76. The van der Waals surface area contributed by atoms with Crippen LogP contribution in [0.2, 0.25) is 0 Å². The smallest absolute Gasteiger partial charge is 0.251 e. The van der Waals surface area contributed by atoms with E-state index in [1.165, 1.54) is 11.3 Å². The van der Waals surface area contributed by atoms with Gasteiger partial charge in [0.25, 0.3) is 5.91 Å². The van der Waals surface area contributed by atoms with Gasteiger partial charge in [0.05, 0.1) is 12.2 Å². The number of benzene rings is 3. The first-order valence-electron chi connectivity index (χ1n) is 10.5. The summed E-state index contributed by atoms with van der Waals surface area (Å²) in [7, 11) is 0. The van der Waals surface area contributed by atoms with Gasteiger partial charge in [-0.3, -0.25) is 14.4 Å². The minimum atomic E-state index is -0.349. The first-order valence-corrected chi connectivity index (χ1v) is 11.4. The van der Waals surface area contributed by atoms with Gasteiger partial charge >= 0.3 is 0 Å². The van der Waals surface area contributed by atoms with Crippen molar-refractivity contribution in [2.24, 2.45) is 0 Å². The maximum atomic E-state index is 12.4. The van der Waals surface area contributed by atoms with E-state index in [9.17, 15) is 14.4 Å². The molecule has 0 unspecified atom stereocenters. The number of carbonyl (C=O) groups is 3. The first kappa shape index (κ1) is 20.8. The van der Waals surface area contributed by atoms with Crippen LogP contribution in [0.5, 0.6) is 0 Å². The average molecular weight is 457 g/mol. The number of aromatic nitrogens is 1. The van der Waals surface area contributed by atoms with Crippen LogP contribution in [0.4, 0.5) is 10.8 Å². The van der Waals surface area contributed by atoms with E-state index in [2.05, 4.69) is 20.9 Å². The Hall–Kier alpha value is -4.04. The zero-order valence-electron chi connectivity index (χ0n) is 17.6. The van der Waals surface area contributed by atoms with Gasteiger partial charge in [0, 0.05) is 28.6 Å². The predicted molar refractivity (Wildman–Crippen MR) is 129 cm³/mol. The van der Waals surface area contributed by atoms with Crippen LogP contribution in [0, 0.1) is 0 Å². The number of amides is 3. The lowest BCUT2D eigenvalue weighted by atomic mass is 9.99. The standard InChI is InChI=1S/C25H20N4O3S/c30-22-10-8-17-12-18(7-9-20(17)27-22)21-14-33-25(28-21)29-23(31)13-26-24(32)19-6-5-15-3-1-2-4-16(15)11-19/h1-7,9,11-12,14H,8,10,13H2,(H,26,32)(H,27,30)(H,28,29,31). The monoisotopic (exact) mass is 456 g/mol. The first-order chi connectivity index (χ1) is 16.0. The molecule has 3 amide bonds. The highest BCUT2D eigenvalue weighted by molar-refractivity contribution is 7.14. The van der Waals surface area contributed by atoms with Crippen LogP contribution in [0.15, 0.2) is 66.0 Å². The predicted octanol–water partition coefficient (Wildman–Crippen LogP) is 4.22. The summed E-state index contributed by atoms with van der Waals surface area (Å²) < 4.78 is 0. The van der Waals surface area contributed by atoms with Crippen molar-refractivity contribution < 1.29 is 14.4 Å². The van der Waals surface area contributed by atoms with Gasteiger partial charge in [-0.25, -0.2) is 4.98 Å². The fourth-order valence-corrected chi connectivity index (χ4v) is 4.50. The number of hydrogen-bond acceptors (Lipinski definition) is 5. The molecule has 1 aliphatic heterocycles. The van der Waals surface area contributed by atoms with Crippen LogP contribution in [-0.4, -0.2) is 29.3 Å². The summed E-state index contributed by atoms with van der Waals surface area (Å²) in [6, 6.07) is 19.0. The molecule has 0 aliphatic carbocycles. The highest BCUT2D eigenvalue weighted by Crippen LogP contribution is 2.30. The second-order valence-electron chi connectivity index (χ2n) is 7.75. The van der Waals surface area contributed by atoms with E-state index in [0.29, 0.717) is 23.5 Å². The molecule has 33 heavy (non-hydrogen) atoms. The summed E-state index contributed by atoms with van der Waals surface area (Å²) in [5.41, 5.74) is 4.08. The molecular formula is C25H20N4O3S. The number of aryl methyl sites for hydroxylation is 1. The van der Waals surface area contributed by atoms with Gasteiger partial charge in [-0.2, -0.15) is 0 Å². The van der Waals surface area contributed by atoms with E-state index in [-0.39, 0.29) is 24.3 Å². The Labute approximate surface area is 193 Å². The van der Waals surface area contributed by atoms with E-state index < -0.39 is 0 Å². The van der Waals surface area contributed by atoms with Gasteiger partial charge in [0.1, 0.15) is 0 Å². The topological polar surface area (TPSA) is 100 Å². The summed E-state index contributed by atoms with van der Waals surface area (Å²) in [6.07, 6.45) is 1.17. The zero-order valence-corrected chi connectivity index (χ0v) is 18.4. The van der Waals surface area contributed by atoms with Crippen molar-refractivity contribution in [1.82, 2.24) is 10.3 Å². The van der Waals surface area contributed by atoms with E-state index >= 15 is 0 Å². The molecule has 0 saturated heterocycles. The normalized spacial score (nSPS) is 12.7. The number of carbonyl (C=O) groups excluding carboxylic acids is 3. The molecule has 0 saturated carbocycles. The molecule has 3 aromatic carbocycles. The number of anilines is 2. The van der Waals surface area contributed by atoms with Crippen molar-refractivity contribution in [3.05, 3.63) is 77.2 Å². The van der Waals surface area contributed by atoms with Gasteiger partial charge in [-0.15, -0.1) is 11.3 Å². The van der Waals surface area contributed by atoms with Crippen molar-refractivity contribution in [1.29, 1.82) is 0 Å². The molecule has 7 nitrogen and oxygen atoms in total. The third-order valence-electron chi connectivity index (χ3n) is 5.47. The van der Waals surface area contributed by atoms with Gasteiger partial charge in [-0.05, 0) is 47.0 Å². The Bertz CT molecular complexity index is 1400. The number of rotatable bonds is 5. The third kappa shape index (κ3) is 4.61. The van der Waals surface area contributed by atoms with Crippen molar-refractivity contribution in [2.45, 2.75) is 12.8 Å². The largest absolute Gasteiger partial charge is 0.343 e. The maximum absolute atomic E-state index is 12.4. The lowest BCUT2D eigenvalue weighted by molar-refractivity contribution is -0.116. The summed E-state index contributed by atoms with van der Waals surface area (Å²) >= 11 is 1.32. The highest BCUT2D eigenvalue weighted by Gasteiger charge is 2.16. The Morgan fingerprint density at radius 1 is 1.00 bits per heavy atom. The molecule has 0 bridgehead atoms. The molecule has 2 heterocycles. The van der Waals surface area contributed by atoms with Crippen molar-refractivity contribution in [3.8, 4) is 11.3 Å². The summed E-state index contributed by atoms with van der Waals surface area (Å²) in [4.78, 5) is 40.8.